The Balaban J connectivity index is 1.77. The maximum absolute atomic E-state index is 13.8. The van der Waals surface area contributed by atoms with Crippen molar-refractivity contribution in [2.45, 2.75) is 88.2 Å². The van der Waals surface area contributed by atoms with Crippen molar-refractivity contribution >= 4 is 24.0 Å². The van der Waals surface area contributed by atoms with Crippen LogP contribution >= 0.6 is 0 Å². The van der Waals surface area contributed by atoms with Crippen LogP contribution in [0.5, 0.6) is 5.75 Å². The van der Waals surface area contributed by atoms with Crippen LogP contribution in [-0.4, -0.2) is 53.2 Å². The number of carbonyl (C=O) groups is 1. The molecule has 2 N–H and O–H groups in total. The minimum atomic E-state index is -3.60. The maximum atomic E-state index is 13.8. The second-order valence-electron chi connectivity index (χ2n) is 11.5. The number of sulfonamides is 1. The standard InChI is InChI=1S/C30H41N3O4SSi/c1-6-7-18-31-28-21-23-20-25(37-2)13-16-27(23)30(33(28)29(34)17-19-39(3,4)5)22-11-14-26(15-12-22)38(35,36)32-24-9-8-10-24/h11-16,20,24,28,30-32H,6-10,18,21H2,1-5H3/t28-,30+/m1/s1. The Bertz CT molecular complexity index is 1340. The summed E-state index contributed by atoms with van der Waals surface area (Å²) in [5.41, 5.74) is 6.18. The van der Waals surface area contributed by atoms with Crippen LogP contribution in [-0.2, 0) is 21.2 Å². The highest BCUT2D eigenvalue weighted by Gasteiger charge is 2.38. The van der Waals surface area contributed by atoms with Crippen molar-refractivity contribution in [3.05, 3.63) is 59.2 Å². The predicted octanol–water partition coefficient (Wildman–Crippen LogP) is 4.60. The molecular formula is C30H41N3O4SSi. The van der Waals surface area contributed by atoms with Crippen LogP contribution in [0.25, 0.3) is 0 Å². The number of nitrogens with one attached hydrogen (secondary N) is 2. The lowest BCUT2D eigenvalue weighted by Crippen LogP contribution is -2.54. The van der Waals surface area contributed by atoms with Crippen molar-refractivity contribution in [3.8, 4) is 17.2 Å². The molecule has 1 saturated carbocycles. The molecule has 7 nitrogen and oxygen atoms in total. The molecule has 1 aliphatic heterocycles. The Morgan fingerprint density at radius 2 is 1.85 bits per heavy atom. The first-order valence-corrected chi connectivity index (χ1v) is 18.9. The van der Waals surface area contributed by atoms with Crippen LogP contribution in [0, 0.1) is 11.5 Å². The van der Waals surface area contributed by atoms with E-state index < -0.39 is 24.1 Å². The zero-order chi connectivity index (χ0) is 28.2. The summed E-state index contributed by atoms with van der Waals surface area (Å²) in [4.78, 5) is 15.9. The number of methoxy groups -OCH3 is 1. The summed E-state index contributed by atoms with van der Waals surface area (Å²) >= 11 is 0. The molecule has 4 rings (SSSR count). The Labute approximate surface area is 234 Å². The summed E-state index contributed by atoms with van der Waals surface area (Å²) in [6, 6.07) is 12.5. The van der Waals surface area contributed by atoms with Gasteiger partial charge >= 0.3 is 0 Å². The number of unbranched alkanes of at least 4 members (excludes halogenated alkanes) is 1. The monoisotopic (exact) mass is 567 g/mol. The third kappa shape index (κ3) is 7.12. The average molecular weight is 568 g/mol. The summed E-state index contributed by atoms with van der Waals surface area (Å²) < 4.78 is 34.2. The molecule has 0 radical (unpaired) electrons. The van der Waals surface area contributed by atoms with Gasteiger partial charge in [0, 0.05) is 12.5 Å². The molecule has 1 heterocycles. The first-order chi connectivity index (χ1) is 18.5. The van der Waals surface area contributed by atoms with Crippen LogP contribution in [0.3, 0.4) is 0 Å². The number of benzene rings is 2. The third-order valence-electron chi connectivity index (χ3n) is 7.29. The topological polar surface area (TPSA) is 87.7 Å². The number of hydrogen-bond donors (Lipinski definition) is 2. The molecule has 1 fully saturated rings. The number of carbonyl (C=O) groups excluding carboxylic acids is 1. The van der Waals surface area contributed by atoms with Gasteiger partial charge in [0.25, 0.3) is 5.91 Å². The molecule has 1 aliphatic carbocycles. The first-order valence-electron chi connectivity index (χ1n) is 13.9. The number of fused-ring (bicyclic) bond motifs is 1. The number of nitrogens with zero attached hydrogens (tertiary/aromatic N) is 1. The van der Waals surface area contributed by atoms with Crippen molar-refractivity contribution in [1.82, 2.24) is 14.9 Å². The van der Waals surface area contributed by atoms with Crippen LogP contribution in [0.15, 0.2) is 47.4 Å². The van der Waals surface area contributed by atoms with Gasteiger partial charge in [-0.1, -0.05) is 57.6 Å². The molecule has 2 aromatic rings. The number of ether oxygens (including phenoxy) is 1. The summed E-state index contributed by atoms with van der Waals surface area (Å²) in [5.74, 6) is 3.51. The van der Waals surface area contributed by atoms with Crippen LogP contribution < -0.4 is 14.8 Å². The molecule has 39 heavy (non-hydrogen) atoms. The lowest BCUT2D eigenvalue weighted by Gasteiger charge is -2.43. The normalized spacial score (nSPS) is 19.5. The molecule has 0 unspecified atom stereocenters. The van der Waals surface area contributed by atoms with Crippen LogP contribution in [0.2, 0.25) is 19.6 Å². The van der Waals surface area contributed by atoms with E-state index in [0.717, 1.165) is 61.1 Å². The minimum Gasteiger partial charge on any atom is -0.497 e. The van der Waals surface area contributed by atoms with E-state index in [2.05, 4.69) is 48.1 Å². The van der Waals surface area contributed by atoms with Gasteiger partial charge in [0.15, 0.2) is 0 Å². The Kier molecular flexibility index (Phi) is 9.22. The van der Waals surface area contributed by atoms with E-state index in [9.17, 15) is 13.2 Å². The highest BCUT2D eigenvalue weighted by atomic mass is 32.2. The lowest BCUT2D eigenvalue weighted by atomic mass is 9.86. The Morgan fingerprint density at radius 1 is 1.13 bits per heavy atom. The summed E-state index contributed by atoms with van der Waals surface area (Å²) in [6.07, 6.45) is 5.22. The van der Waals surface area contributed by atoms with Gasteiger partial charge in [0.05, 0.1) is 24.2 Å². The molecule has 0 spiro atoms. The number of rotatable bonds is 9. The van der Waals surface area contributed by atoms with Gasteiger partial charge in [-0.15, -0.1) is 5.54 Å². The largest absolute Gasteiger partial charge is 0.497 e. The molecule has 0 aromatic heterocycles. The molecule has 0 saturated heterocycles. The van der Waals surface area contributed by atoms with Gasteiger partial charge in [-0.2, -0.15) is 0 Å². The van der Waals surface area contributed by atoms with Gasteiger partial charge in [-0.3, -0.25) is 10.1 Å². The van der Waals surface area contributed by atoms with Gasteiger partial charge in [-0.05, 0) is 72.7 Å². The van der Waals surface area contributed by atoms with Crippen molar-refractivity contribution in [2.75, 3.05) is 13.7 Å². The fourth-order valence-electron chi connectivity index (χ4n) is 4.95. The van der Waals surface area contributed by atoms with E-state index in [-0.39, 0.29) is 23.0 Å². The van der Waals surface area contributed by atoms with E-state index in [1.807, 2.05) is 35.2 Å². The fraction of sp³-hybridized carbons (Fsp3) is 0.500. The van der Waals surface area contributed by atoms with Gasteiger partial charge < -0.3 is 9.64 Å². The molecule has 2 aliphatic rings. The molecule has 210 valence electrons. The zero-order valence-corrected chi connectivity index (χ0v) is 25.5. The van der Waals surface area contributed by atoms with E-state index in [4.69, 9.17) is 4.74 Å². The molecule has 9 heteroatoms. The highest BCUT2D eigenvalue weighted by Crippen LogP contribution is 2.39. The summed E-state index contributed by atoms with van der Waals surface area (Å²) in [6.45, 7) is 9.29. The average Bonchev–Trinajstić information content (AvgIpc) is 2.88. The molecular weight excluding hydrogens is 527 g/mol. The zero-order valence-electron chi connectivity index (χ0n) is 23.7. The number of amides is 1. The van der Waals surface area contributed by atoms with Crippen molar-refractivity contribution in [3.63, 3.8) is 0 Å². The molecule has 0 bridgehead atoms. The second-order valence-corrected chi connectivity index (χ2v) is 18.0. The quantitative estimate of drug-likeness (QED) is 0.263. The van der Waals surface area contributed by atoms with Crippen molar-refractivity contribution in [2.24, 2.45) is 0 Å². The summed E-state index contributed by atoms with van der Waals surface area (Å²) in [7, 11) is -3.73. The van der Waals surface area contributed by atoms with E-state index in [0.29, 0.717) is 6.42 Å². The highest BCUT2D eigenvalue weighted by molar-refractivity contribution is 7.89. The first kappa shape index (κ1) is 29.3. The molecule has 2 atom stereocenters. The predicted molar refractivity (Wildman–Crippen MR) is 158 cm³/mol. The smallest absolute Gasteiger partial charge is 0.299 e. The minimum absolute atomic E-state index is 0.0166. The SMILES string of the molecule is CCCCN[C@H]1Cc2cc(OC)ccc2[C@H](c2ccc(S(=O)(=O)NC3CCC3)cc2)N1C(=O)C#C[Si](C)(C)C. The third-order valence-corrected chi connectivity index (χ3v) is 9.71. The van der Waals surface area contributed by atoms with Crippen molar-refractivity contribution < 1.29 is 17.9 Å². The van der Waals surface area contributed by atoms with E-state index in [1.54, 1.807) is 19.2 Å². The fourth-order valence-corrected chi connectivity index (χ4v) is 6.74. The van der Waals surface area contributed by atoms with Gasteiger partial charge in [-0.25, -0.2) is 13.1 Å². The van der Waals surface area contributed by atoms with Crippen LogP contribution in [0.4, 0.5) is 0 Å². The van der Waals surface area contributed by atoms with E-state index >= 15 is 0 Å². The molecule has 1 amide bonds. The Morgan fingerprint density at radius 3 is 2.44 bits per heavy atom. The van der Waals surface area contributed by atoms with Crippen LogP contribution in [0.1, 0.15) is 61.8 Å². The van der Waals surface area contributed by atoms with Gasteiger partial charge in [0.2, 0.25) is 10.0 Å². The summed E-state index contributed by atoms with van der Waals surface area (Å²) in [5, 5.41) is 3.60. The second kappa shape index (κ2) is 12.3. The lowest BCUT2D eigenvalue weighted by molar-refractivity contribution is -0.130. The molecule has 2 aromatic carbocycles. The van der Waals surface area contributed by atoms with Crippen molar-refractivity contribution in [1.29, 1.82) is 0 Å². The van der Waals surface area contributed by atoms with Gasteiger partial charge in [0.1, 0.15) is 13.8 Å². The maximum Gasteiger partial charge on any atom is 0.299 e. The van der Waals surface area contributed by atoms with E-state index in [1.165, 1.54) is 0 Å². The number of hydrogen-bond acceptors (Lipinski definition) is 5. The Hall–Kier alpha value is -2.64.